The van der Waals surface area contributed by atoms with E-state index in [1.807, 2.05) is 67.6 Å². The minimum Gasteiger partial charge on any atom is -0.507 e. The zero-order chi connectivity index (χ0) is 27.2. The van der Waals surface area contributed by atoms with Crippen molar-refractivity contribution in [2.24, 2.45) is 0 Å². The van der Waals surface area contributed by atoms with Gasteiger partial charge in [0.1, 0.15) is 5.75 Å². The second-order valence-electron chi connectivity index (χ2n) is 9.87. The number of hydrogen-bond donors (Lipinski definition) is 1. The van der Waals surface area contributed by atoms with Gasteiger partial charge in [0.25, 0.3) is 5.56 Å². The van der Waals surface area contributed by atoms with Crippen LogP contribution in [0.2, 0.25) is 0 Å². The van der Waals surface area contributed by atoms with Crippen LogP contribution in [-0.2, 0) is 13.1 Å². The summed E-state index contributed by atoms with van der Waals surface area (Å²) in [5.41, 5.74) is 7.57. The molecule has 0 atom stereocenters. The normalized spacial score (nSPS) is 10.9. The monoisotopic (exact) mass is 504 g/mol. The molecule has 0 amide bonds. The van der Waals surface area contributed by atoms with E-state index in [1.165, 1.54) is 5.56 Å². The first kappa shape index (κ1) is 26.9. The van der Waals surface area contributed by atoms with Crippen molar-refractivity contribution in [3.8, 4) is 28.0 Å². The number of phenols is 1. The molecule has 0 spiro atoms. The molecular weight excluding hydrogens is 468 g/mol. The van der Waals surface area contributed by atoms with Gasteiger partial charge in [-0.25, -0.2) is 0 Å². The van der Waals surface area contributed by atoms with E-state index in [2.05, 4.69) is 63.2 Å². The highest BCUT2D eigenvalue weighted by atomic mass is 16.3. The molecule has 194 valence electrons. The standard InChI is InChI=1S/C25H23NO2.C9H13N/c1-4-26-24-17(3)16(2)10-11-20(24)14-22(25(26)28)21-13-12-19(15-23(21)27)18-8-6-5-7-9-18;1-10(2)8-9-6-4-3-5-7-9/h5-15,27H,4H2,1-3H3;3-7H,8H2,1-2H3. The number of aromatic nitrogens is 1. The molecule has 38 heavy (non-hydrogen) atoms. The summed E-state index contributed by atoms with van der Waals surface area (Å²) in [6.45, 7) is 7.69. The predicted molar refractivity (Wildman–Crippen MR) is 160 cm³/mol. The van der Waals surface area contributed by atoms with Crippen LogP contribution in [0, 0.1) is 13.8 Å². The lowest BCUT2D eigenvalue weighted by Crippen LogP contribution is -2.22. The van der Waals surface area contributed by atoms with Crippen LogP contribution in [0.5, 0.6) is 5.75 Å². The topological polar surface area (TPSA) is 45.5 Å². The quantitative estimate of drug-likeness (QED) is 0.271. The number of rotatable bonds is 5. The molecule has 0 fully saturated rings. The van der Waals surface area contributed by atoms with Crippen LogP contribution in [0.15, 0.2) is 102 Å². The summed E-state index contributed by atoms with van der Waals surface area (Å²) in [7, 11) is 4.15. The number of hydrogen-bond acceptors (Lipinski definition) is 3. The van der Waals surface area contributed by atoms with Gasteiger partial charge in [0.05, 0.1) is 11.1 Å². The lowest BCUT2D eigenvalue weighted by molar-refractivity contribution is 0.402. The Morgan fingerprint density at radius 2 is 1.42 bits per heavy atom. The average Bonchev–Trinajstić information content (AvgIpc) is 2.92. The fourth-order valence-electron chi connectivity index (χ4n) is 4.77. The maximum Gasteiger partial charge on any atom is 0.259 e. The molecule has 5 aromatic rings. The van der Waals surface area contributed by atoms with E-state index in [4.69, 9.17) is 0 Å². The zero-order valence-electron chi connectivity index (χ0n) is 22.9. The summed E-state index contributed by atoms with van der Waals surface area (Å²) in [5.74, 6) is 0.115. The molecule has 0 saturated carbocycles. The summed E-state index contributed by atoms with van der Waals surface area (Å²) < 4.78 is 1.80. The van der Waals surface area contributed by atoms with Crippen molar-refractivity contribution in [1.29, 1.82) is 0 Å². The van der Waals surface area contributed by atoms with Crippen molar-refractivity contribution >= 4 is 10.9 Å². The third kappa shape index (κ3) is 5.87. The molecule has 0 aliphatic carbocycles. The summed E-state index contributed by atoms with van der Waals surface area (Å²) >= 11 is 0. The molecule has 0 aliphatic heterocycles. The van der Waals surface area contributed by atoms with Crippen LogP contribution < -0.4 is 5.56 Å². The molecular formula is C34H36N2O2. The van der Waals surface area contributed by atoms with Crippen molar-refractivity contribution in [2.45, 2.75) is 33.9 Å². The molecule has 0 aliphatic rings. The Hall–Kier alpha value is -4.15. The lowest BCUT2D eigenvalue weighted by Gasteiger charge is -2.16. The van der Waals surface area contributed by atoms with E-state index >= 15 is 0 Å². The Balaban J connectivity index is 0.000000283. The number of aryl methyl sites for hydroxylation is 3. The van der Waals surface area contributed by atoms with Gasteiger partial charge >= 0.3 is 0 Å². The van der Waals surface area contributed by atoms with Crippen LogP contribution in [0.25, 0.3) is 33.2 Å². The van der Waals surface area contributed by atoms with Crippen LogP contribution in [0.1, 0.15) is 23.6 Å². The van der Waals surface area contributed by atoms with Gasteiger partial charge in [0.15, 0.2) is 0 Å². The number of nitrogens with zero attached hydrogens (tertiary/aromatic N) is 2. The molecule has 1 aromatic heterocycles. The van der Waals surface area contributed by atoms with Gasteiger partial charge < -0.3 is 14.6 Å². The molecule has 1 heterocycles. The summed E-state index contributed by atoms with van der Waals surface area (Å²) in [4.78, 5) is 15.4. The SMILES string of the molecule is CCn1c(=O)c(-c2ccc(-c3ccccc3)cc2O)cc2ccc(C)c(C)c21.CN(C)Cc1ccccc1. The van der Waals surface area contributed by atoms with Crippen molar-refractivity contribution in [3.05, 3.63) is 124 Å². The van der Waals surface area contributed by atoms with Gasteiger partial charge in [-0.2, -0.15) is 0 Å². The Kier molecular flexibility index (Phi) is 8.45. The first-order valence-corrected chi connectivity index (χ1v) is 13.0. The van der Waals surface area contributed by atoms with Crippen molar-refractivity contribution in [1.82, 2.24) is 9.47 Å². The van der Waals surface area contributed by atoms with Gasteiger partial charge in [-0.3, -0.25) is 4.79 Å². The molecule has 0 saturated heterocycles. The van der Waals surface area contributed by atoms with E-state index in [-0.39, 0.29) is 11.3 Å². The van der Waals surface area contributed by atoms with E-state index in [9.17, 15) is 9.90 Å². The number of benzene rings is 4. The smallest absolute Gasteiger partial charge is 0.259 e. The molecule has 4 aromatic carbocycles. The van der Waals surface area contributed by atoms with Crippen LogP contribution in [0.3, 0.4) is 0 Å². The Morgan fingerprint density at radius 1 is 0.763 bits per heavy atom. The fourth-order valence-corrected chi connectivity index (χ4v) is 4.77. The maximum atomic E-state index is 13.2. The number of pyridine rings is 1. The van der Waals surface area contributed by atoms with E-state index < -0.39 is 0 Å². The zero-order valence-corrected chi connectivity index (χ0v) is 22.9. The van der Waals surface area contributed by atoms with E-state index in [0.29, 0.717) is 17.7 Å². The van der Waals surface area contributed by atoms with Crippen LogP contribution in [-0.4, -0.2) is 28.7 Å². The third-order valence-electron chi connectivity index (χ3n) is 6.83. The minimum absolute atomic E-state index is 0.0774. The fraction of sp³-hybridized carbons (Fsp3) is 0.206. The van der Waals surface area contributed by atoms with Gasteiger partial charge in [-0.05, 0) is 86.3 Å². The molecule has 4 heteroatoms. The largest absolute Gasteiger partial charge is 0.507 e. The highest BCUT2D eigenvalue weighted by molar-refractivity contribution is 5.88. The number of fused-ring (bicyclic) bond motifs is 1. The molecule has 5 rings (SSSR count). The molecule has 0 bridgehead atoms. The number of aromatic hydroxyl groups is 1. The Morgan fingerprint density at radius 3 is 2.03 bits per heavy atom. The lowest BCUT2D eigenvalue weighted by atomic mass is 9.97. The Labute approximate surface area is 225 Å². The van der Waals surface area contributed by atoms with Crippen molar-refractivity contribution in [3.63, 3.8) is 0 Å². The second kappa shape index (κ2) is 11.9. The van der Waals surface area contributed by atoms with E-state index in [0.717, 1.165) is 39.7 Å². The first-order chi connectivity index (χ1) is 18.3. The van der Waals surface area contributed by atoms with Gasteiger partial charge in [-0.1, -0.05) is 78.9 Å². The highest BCUT2D eigenvalue weighted by Crippen LogP contribution is 2.33. The van der Waals surface area contributed by atoms with Gasteiger partial charge in [0, 0.05) is 18.7 Å². The van der Waals surface area contributed by atoms with Gasteiger partial charge in [-0.15, -0.1) is 0 Å². The van der Waals surface area contributed by atoms with Crippen LogP contribution >= 0.6 is 0 Å². The van der Waals surface area contributed by atoms with Crippen molar-refractivity contribution in [2.75, 3.05) is 14.1 Å². The summed E-state index contributed by atoms with van der Waals surface area (Å²) in [6, 6.07) is 31.9. The van der Waals surface area contributed by atoms with E-state index in [1.54, 1.807) is 10.6 Å². The average molecular weight is 505 g/mol. The minimum atomic E-state index is -0.0774. The summed E-state index contributed by atoms with van der Waals surface area (Å²) in [5, 5.41) is 11.7. The third-order valence-corrected chi connectivity index (χ3v) is 6.83. The molecule has 4 nitrogen and oxygen atoms in total. The molecule has 0 unspecified atom stereocenters. The second-order valence-corrected chi connectivity index (χ2v) is 9.87. The van der Waals surface area contributed by atoms with Gasteiger partial charge in [0.2, 0.25) is 0 Å². The van der Waals surface area contributed by atoms with Crippen molar-refractivity contribution < 1.29 is 5.11 Å². The molecule has 0 radical (unpaired) electrons. The predicted octanol–water partition coefficient (Wildman–Crippen LogP) is 7.43. The molecule has 1 N–H and O–H groups in total. The highest BCUT2D eigenvalue weighted by Gasteiger charge is 2.16. The van der Waals surface area contributed by atoms with Crippen LogP contribution in [0.4, 0.5) is 0 Å². The Bertz CT molecular complexity index is 1590. The maximum absolute atomic E-state index is 13.2. The number of phenolic OH excluding ortho intramolecular Hbond substituents is 1. The first-order valence-electron chi connectivity index (χ1n) is 13.0. The summed E-state index contributed by atoms with van der Waals surface area (Å²) in [6.07, 6.45) is 0.